The molecule has 0 fully saturated rings. The number of carbonyl (C=O) groups is 3. The number of hydrogen-bond donors (Lipinski definition) is 7. The fraction of sp³-hybridized carbons (Fsp3) is 0.900. The van der Waals surface area contributed by atoms with E-state index in [1.807, 2.05) is 20.8 Å². The number of hydrogen-bond acceptors (Lipinski definition) is 7. The van der Waals surface area contributed by atoms with Crippen molar-refractivity contribution in [3.05, 3.63) is 0 Å². The quantitative estimate of drug-likeness (QED) is 0.0867. The first-order chi connectivity index (χ1) is 18.7. The molecule has 0 saturated heterocycles. The predicted octanol–water partition coefficient (Wildman–Crippen LogP) is 5.76. The number of aliphatic carboxylic acids is 3. The summed E-state index contributed by atoms with van der Waals surface area (Å²) < 4.78 is 0. The van der Waals surface area contributed by atoms with Crippen LogP contribution in [-0.4, -0.2) is 77.6 Å². The van der Waals surface area contributed by atoms with Gasteiger partial charge in [0.2, 0.25) is 0 Å². The first kappa shape index (κ1) is 45.2. The molecular weight excluding hydrogens is 520 g/mol. The van der Waals surface area contributed by atoms with Gasteiger partial charge >= 0.3 is 17.9 Å². The summed E-state index contributed by atoms with van der Waals surface area (Å²) in [5.41, 5.74) is -2.74. The Hall–Kier alpha value is -1.75. The van der Waals surface area contributed by atoms with Gasteiger partial charge in [0.15, 0.2) is 5.60 Å². The minimum Gasteiger partial charge on any atom is -0.481 e. The van der Waals surface area contributed by atoms with Crippen LogP contribution in [0.4, 0.5) is 0 Å². The lowest BCUT2D eigenvalue weighted by atomic mass is 9.96. The van der Waals surface area contributed by atoms with Crippen molar-refractivity contribution in [3.63, 3.8) is 0 Å². The maximum atomic E-state index is 10.3. The van der Waals surface area contributed by atoms with E-state index < -0.39 is 36.4 Å². The standard InChI is InChI=1S/3C8H18O.C6H8O7/c3*1-3-5-6-7-8(9)4-2;7-3(8)1-6(13,5(11)12)2-4(9)10/h3*8-9H,3-7H2,1-2H3;13H,1-2H2,(H,7,8)(H,9,10)(H,11,12). The third-order valence-corrected chi connectivity index (χ3v) is 6.12. The number of unbranched alkanes of at least 4 members (excludes halogenated alkanes) is 6. The molecule has 0 bridgehead atoms. The van der Waals surface area contributed by atoms with Crippen LogP contribution in [-0.2, 0) is 14.4 Å². The Labute approximate surface area is 242 Å². The van der Waals surface area contributed by atoms with Crippen molar-refractivity contribution < 1.29 is 50.1 Å². The average molecular weight is 583 g/mol. The highest BCUT2D eigenvalue weighted by molar-refractivity contribution is 5.88. The summed E-state index contributed by atoms with van der Waals surface area (Å²) >= 11 is 0. The summed E-state index contributed by atoms with van der Waals surface area (Å²) in [5.74, 6) is -5.02. The van der Waals surface area contributed by atoms with E-state index in [-0.39, 0.29) is 18.3 Å². The summed E-state index contributed by atoms with van der Waals surface area (Å²) in [6, 6.07) is 0. The molecule has 0 rings (SSSR count). The van der Waals surface area contributed by atoms with Crippen molar-refractivity contribution in [2.75, 3.05) is 0 Å². The SMILES string of the molecule is CCCCCC(O)CC.CCCCCC(O)CC.CCCCCC(O)CC.O=C(O)CC(O)(CC(=O)O)C(=O)O. The molecule has 242 valence electrons. The van der Waals surface area contributed by atoms with Crippen LogP contribution in [0.3, 0.4) is 0 Å². The summed E-state index contributed by atoms with van der Waals surface area (Å²) in [6.07, 6.45) is 14.3. The molecule has 0 aliphatic carbocycles. The number of aliphatic hydroxyl groups excluding tert-OH is 3. The topological polar surface area (TPSA) is 193 Å². The molecule has 0 radical (unpaired) electrons. The van der Waals surface area contributed by atoms with Gasteiger partial charge in [-0.3, -0.25) is 9.59 Å². The molecule has 0 aromatic carbocycles. The van der Waals surface area contributed by atoms with Gasteiger partial charge in [-0.25, -0.2) is 4.79 Å². The Balaban J connectivity index is -0.000000219. The molecule has 0 aromatic rings. The van der Waals surface area contributed by atoms with E-state index in [9.17, 15) is 14.4 Å². The highest BCUT2D eigenvalue weighted by atomic mass is 16.4. The monoisotopic (exact) mass is 582 g/mol. The van der Waals surface area contributed by atoms with E-state index in [2.05, 4.69) is 20.8 Å². The van der Waals surface area contributed by atoms with Crippen LogP contribution >= 0.6 is 0 Å². The number of rotatable bonds is 20. The molecule has 0 aliphatic heterocycles. The third kappa shape index (κ3) is 36.2. The third-order valence-electron chi connectivity index (χ3n) is 6.12. The van der Waals surface area contributed by atoms with Crippen LogP contribution in [0.5, 0.6) is 0 Å². The second-order valence-corrected chi connectivity index (χ2v) is 10.2. The Kier molecular flexibility index (Phi) is 35.9. The Morgan fingerprint density at radius 3 is 0.925 bits per heavy atom. The minimum absolute atomic E-state index is 0.0449. The van der Waals surface area contributed by atoms with Gasteiger partial charge in [0.05, 0.1) is 31.2 Å². The zero-order valence-electron chi connectivity index (χ0n) is 26.1. The lowest BCUT2D eigenvalue weighted by molar-refractivity contribution is -0.170. The van der Waals surface area contributed by atoms with Crippen molar-refractivity contribution >= 4 is 17.9 Å². The summed E-state index contributed by atoms with van der Waals surface area (Å²) in [7, 11) is 0. The number of carboxylic acids is 3. The summed E-state index contributed by atoms with van der Waals surface area (Å²) in [5, 5.41) is 61.1. The molecule has 3 atom stereocenters. The molecule has 10 nitrogen and oxygen atoms in total. The highest BCUT2D eigenvalue weighted by Gasteiger charge is 2.40. The Morgan fingerprint density at radius 1 is 0.525 bits per heavy atom. The van der Waals surface area contributed by atoms with Gasteiger partial charge in [-0.05, 0) is 38.5 Å². The fourth-order valence-corrected chi connectivity index (χ4v) is 3.22. The molecule has 10 heteroatoms. The normalized spacial score (nSPS) is 12.8. The van der Waals surface area contributed by atoms with Gasteiger partial charge < -0.3 is 35.7 Å². The second-order valence-electron chi connectivity index (χ2n) is 10.2. The van der Waals surface area contributed by atoms with E-state index >= 15 is 0 Å². The van der Waals surface area contributed by atoms with Crippen LogP contribution in [0.25, 0.3) is 0 Å². The molecule has 0 heterocycles. The van der Waals surface area contributed by atoms with Gasteiger partial charge in [-0.2, -0.15) is 0 Å². The van der Waals surface area contributed by atoms with Gasteiger partial charge in [-0.15, -0.1) is 0 Å². The van der Waals surface area contributed by atoms with Crippen LogP contribution < -0.4 is 0 Å². The molecule has 0 aliphatic rings. The van der Waals surface area contributed by atoms with Crippen molar-refractivity contribution in [2.24, 2.45) is 0 Å². The van der Waals surface area contributed by atoms with Gasteiger partial charge in [0, 0.05) is 0 Å². The van der Waals surface area contributed by atoms with Gasteiger partial charge in [0.1, 0.15) is 0 Å². The lowest BCUT2D eigenvalue weighted by Crippen LogP contribution is -2.42. The number of carboxylic acid groups (broad SMARTS) is 3. The van der Waals surface area contributed by atoms with E-state index in [1.54, 1.807) is 0 Å². The molecule has 40 heavy (non-hydrogen) atoms. The summed E-state index contributed by atoms with van der Waals surface area (Å²) in [4.78, 5) is 30.5. The van der Waals surface area contributed by atoms with Crippen LogP contribution in [0.1, 0.15) is 151 Å². The summed E-state index contributed by atoms with van der Waals surface area (Å²) in [6.45, 7) is 12.6. The molecule has 0 spiro atoms. The molecule has 7 N–H and O–H groups in total. The first-order valence-corrected chi connectivity index (χ1v) is 15.1. The predicted molar refractivity (Wildman–Crippen MR) is 158 cm³/mol. The fourth-order valence-electron chi connectivity index (χ4n) is 3.22. The van der Waals surface area contributed by atoms with Crippen molar-refractivity contribution in [1.29, 1.82) is 0 Å². The largest absolute Gasteiger partial charge is 0.481 e. The second kappa shape index (κ2) is 31.8. The van der Waals surface area contributed by atoms with Crippen LogP contribution in [0.2, 0.25) is 0 Å². The van der Waals surface area contributed by atoms with E-state index in [0.29, 0.717) is 0 Å². The molecule has 0 saturated carbocycles. The van der Waals surface area contributed by atoms with E-state index in [1.165, 1.54) is 57.8 Å². The maximum absolute atomic E-state index is 10.3. The van der Waals surface area contributed by atoms with Crippen molar-refractivity contribution in [2.45, 2.75) is 175 Å². The number of aliphatic hydroxyl groups is 4. The van der Waals surface area contributed by atoms with E-state index in [4.69, 9.17) is 35.7 Å². The highest BCUT2D eigenvalue weighted by Crippen LogP contribution is 2.15. The molecule has 0 amide bonds. The van der Waals surface area contributed by atoms with E-state index in [0.717, 1.165) is 38.5 Å². The van der Waals surface area contributed by atoms with Crippen molar-refractivity contribution in [1.82, 2.24) is 0 Å². The maximum Gasteiger partial charge on any atom is 0.336 e. The van der Waals surface area contributed by atoms with Crippen LogP contribution in [0.15, 0.2) is 0 Å². The van der Waals surface area contributed by atoms with Gasteiger partial charge in [0.25, 0.3) is 0 Å². The smallest absolute Gasteiger partial charge is 0.336 e. The first-order valence-electron chi connectivity index (χ1n) is 15.1. The minimum atomic E-state index is -2.74. The van der Waals surface area contributed by atoms with Crippen LogP contribution in [0, 0.1) is 0 Å². The zero-order valence-corrected chi connectivity index (χ0v) is 26.1. The molecule has 0 aromatic heterocycles. The Morgan fingerprint density at radius 2 is 0.775 bits per heavy atom. The molecular formula is C30H62O10. The van der Waals surface area contributed by atoms with Crippen molar-refractivity contribution in [3.8, 4) is 0 Å². The van der Waals surface area contributed by atoms with Gasteiger partial charge in [-0.1, -0.05) is 99.3 Å². The zero-order chi connectivity index (χ0) is 32.0. The molecule has 3 unspecified atom stereocenters. The Bertz CT molecular complexity index is 529. The average Bonchev–Trinajstić information content (AvgIpc) is 2.88. The lowest BCUT2D eigenvalue weighted by Gasteiger charge is -2.18.